The number of anilines is 1. The van der Waals surface area contributed by atoms with Crippen LogP contribution in [0.2, 0.25) is 10.4 Å². The zero-order valence-corrected chi connectivity index (χ0v) is 12.4. The lowest BCUT2D eigenvalue weighted by Gasteiger charge is -2.07. The molecule has 21 heavy (non-hydrogen) atoms. The zero-order chi connectivity index (χ0) is 15.6. The van der Waals surface area contributed by atoms with Gasteiger partial charge in [-0.15, -0.1) is 0 Å². The average Bonchev–Trinajstić information content (AvgIpc) is 2.37. The molecule has 0 unspecified atom stereocenters. The van der Waals surface area contributed by atoms with Crippen molar-refractivity contribution < 1.29 is 18.3 Å². The Morgan fingerprint density at radius 2 is 1.76 bits per heavy atom. The molecule has 2 N–H and O–H groups in total. The maximum absolute atomic E-state index is 12.1. The lowest BCUT2D eigenvalue weighted by Crippen LogP contribution is -2.14. The number of carbonyl (C=O) groups is 1. The molecular weight excluding hydrogens is 341 g/mol. The third kappa shape index (κ3) is 3.81. The molecule has 0 amide bonds. The molecule has 0 saturated carbocycles. The number of halogens is 2. The SMILES string of the molecule is O=C(O)c1ccc(S(=O)(=O)Nc2cc(Cl)nc(Cl)n2)cc1. The Kier molecular flexibility index (Phi) is 4.31. The van der Waals surface area contributed by atoms with Crippen LogP contribution in [0.15, 0.2) is 35.2 Å². The second kappa shape index (κ2) is 5.84. The quantitative estimate of drug-likeness (QED) is 0.648. The lowest BCUT2D eigenvalue weighted by atomic mass is 10.2. The topological polar surface area (TPSA) is 109 Å². The van der Waals surface area contributed by atoms with Crippen LogP contribution in [0.25, 0.3) is 0 Å². The first kappa shape index (κ1) is 15.5. The van der Waals surface area contributed by atoms with Gasteiger partial charge in [0.25, 0.3) is 10.0 Å². The van der Waals surface area contributed by atoms with E-state index in [1.54, 1.807) is 0 Å². The van der Waals surface area contributed by atoms with Crippen LogP contribution in [0, 0.1) is 0 Å². The first-order valence-electron chi connectivity index (χ1n) is 5.34. The van der Waals surface area contributed by atoms with E-state index in [-0.39, 0.29) is 26.7 Å². The van der Waals surface area contributed by atoms with Gasteiger partial charge in [0.15, 0.2) is 0 Å². The van der Waals surface area contributed by atoms with Crippen molar-refractivity contribution in [2.75, 3.05) is 4.72 Å². The van der Waals surface area contributed by atoms with Crippen LogP contribution in [0.5, 0.6) is 0 Å². The van der Waals surface area contributed by atoms with Crippen molar-refractivity contribution in [2.45, 2.75) is 4.90 Å². The van der Waals surface area contributed by atoms with Crippen molar-refractivity contribution in [3.05, 3.63) is 46.3 Å². The molecule has 0 bridgehead atoms. The van der Waals surface area contributed by atoms with E-state index in [0.717, 1.165) is 12.1 Å². The fraction of sp³-hybridized carbons (Fsp3) is 0. The minimum absolute atomic E-state index is 0.0195. The van der Waals surface area contributed by atoms with E-state index in [4.69, 9.17) is 28.3 Å². The van der Waals surface area contributed by atoms with Crippen LogP contribution in [0.4, 0.5) is 5.82 Å². The van der Waals surface area contributed by atoms with Crippen molar-refractivity contribution in [1.29, 1.82) is 0 Å². The van der Waals surface area contributed by atoms with E-state index < -0.39 is 16.0 Å². The number of carboxylic acids is 1. The van der Waals surface area contributed by atoms with Gasteiger partial charge in [-0.05, 0) is 35.9 Å². The number of hydrogen-bond donors (Lipinski definition) is 2. The van der Waals surface area contributed by atoms with Gasteiger partial charge in [-0.2, -0.15) is 4.98 Å². The van der Waals surface area contributed by atoms with E-state index in [1.165, 1.54) is 18.2 Å². The van der Waals surface area contributed by atoms with Gasteiger partial charge >= 0.3 is 5.97 Å². The van der Waals surface area contributed by atoms with Crippen molar-refractivity contribution >= 4 is 45.0 Å². The Morgan fingerprint density at radius 1 is 1.14 bits per heavy atom. The van der Waals surface area contributed by atoms with Gasteiger partial charge in [-0.25, -0.2) is 18.2 Å². The summed E-state index contributed by atoms with van der Waals surface area (Å²) < 4.78 is 26.4. The highest BCUT2D eigenvalue weighted by molar-refractivity contribution is 7.92. The number of aromatic nitrogens is 2. The third-order valence-electron chi connectivity index (χ3n) is 2.32. The molecule has 2 aromatic rings. The number of aromatic carboxylic acids is 1. The molecule has 10 heteroatoms. The van der Waals surface area contributed by atoms with Crippen molar-refractivity contribution in [2.24, 2.45) is 0 Å². The fourth-order valence-corrected chi connectivity index (χ4v) is 2.82. The number of rotatable bonds is 4. The summed E-state index contributed by atoms with van der Waals surface area (Å²) >= 11 is 11.2. The van der Waals surface area contributed by atoms with Crippen LogP contribution < -0.4 is 4.72 Å². The number of sulfonamides is 1. The van der Waals surface area contributed by atoms with E-state index in [1.807, 2.05) is 0 Å². The molecule has 7 nitrogen and oxygen atoms in total. The molecule has 2 rings (SSSR count). The molecule has 110 valence electrons. The molecule has 1 aromatic heterocycles. The Bertz CT molecular complexity index is 773. The fourth-order valence-electron chi connectivity index (χ4n) is 1.42. The molecular formula is C11H7Cl2N3O4S. The molecule has 0 atom stereocenters. The predicted molar refractivity (Wildman–Crippen MR) is 76.3 cm³/mol. The maximum atomic E-state index is 12.1. The number of nitrogens with one attached hydrogen (secondary N) is 1. The van der Waals surface area contributed by atoms with Gasteiger partial charge in [0.05, 0.1) is 10.5 Å². The van der Waals surface area contributed by atoms with Crippen LogP contribution >= 0.6 is 23.2 Å². The van der Waals surface area contributed by atoms with Crippen molar-refractivity contribution in [3.63, 3.8) is 0 Å². The van der Waals surface area contributed by atoms with E-state index in [2.05, 4.69) is 14.7 Å². The van der Waals surface area contributed by atoms with Crippen LogP contribution in [-0.4, -0.2) is 29.5 Å². The average molecular weight is 348 g/mol. The molecule has 0 spiro atoms. The summed E-state index contributed by atoms with van der Waals surface area (Å²) in [6.45, 7) is 0. The summed E-state index contributed by atoms with van der Waals surface area (Å²) in [7, 11) is -3.94. The highest BCUT2D eigenvalue weighted by Crippen LogP contribution is 2.19. The molecule has 0 fully saturated rings. The second-order valence-corrected chi connectivity index (χ2v) is 6.19. The van der Waals surface area contributed by atoms with Gasteiger partial charge in [0.2, 0.25) is 5.28 Å². The summed E-state index contributed by atoms with van der Waals surface area (Å²) in [5, 5.41) is 8.54. The molecule has 0 saturated heterocycles. The van der Waals surface area contributed by atoms with Gasteiger partial charge in [0.1, 0.15) is 11.0 Å². The summed E-state index contributed by atoms with van der Waals surface area (Å²) in [6.07, 6.45) is 0. The molecule has 0 aliphatic heterocycles. The summed E-state index contributed by atoms with van der Waals surface area (Å²) in [4.78, 5) is 17.9. The van der Waals surface area contributed by atoms with Crippen molar-refractivity contribution in [1.82, 2.24) is 9.97 Å². The minimum atomic E-state index is -3.94. The van der Waals surface area contributed by atoms with Gasteiger partial charge in [0, 0.05) is 6.07 Å². The Labute approximate surface area is 129 Å². The van der Waals surface area contributed by atoms with Crippen LogP contribution in [0.3, 0.4) is 0 Å². The lowest BCUT2D eigenvalue weighted by molar-refractivity contribution is 0.0696. The Balaban J connectivity index is 2.31. The Morgan fingerprint density at radius 3 is 2.29 bits per heavy atom. The summed E-state index contributed by atoms with van der Waals surface area (Å²) in [5.74, 6) is -1.25. The standard InChI is InChI=1S/C11H7Cl2N3O4S/c12-8-5-9(15-11(13)14-8)16-21(19,20)7-3-1-6(2-4-7)10(17)18/h1-5H,(H,17,18)(H,14,15,16). The molecule has 1 heterocycles. The first-order valence-corrected chi connectivity index (χ1v) is 7.58. The monoisotopic (exact) mass is 347 g/mol. The number of nitrogens with zero attached hydrogens (tertiary/aromatic N) is 2. The Hall–Kier alpha value is -1.90. The zero-order valence-electron chi connectivity index (χ0n) is 10.1. The number of hydrogen-bond acceptors (Lipinski definition) is 5. The van der Waals surface area contributed by atoms with E-state index in [9.17, 15) is 13.2 Å². The second-order valence-electron chi connectivity index (χ2n) is 3.78. The van der Waals surface area contributed by atoms with Crippen LogP contribution in [0.1, 0.15) is 10.4 Å². The maximum Gasteiger partial charge on any atom is 0.335 e. The molecule has 0 radical (unpaired) electrons. The van der Waals surface area contributed by atoms with Gasteiger partial charge in [-0.3, -0.25) is 4.72 Å². The minimum Gasteiger partial charge on any atom is -0.478 e. The predicted octanol–water partition coefficient (Wildman–Crippen LogP) is 2.28. The molecule has 0 aliphatic rings. The molecule has 0 aliphatic carbocycles. The third-order valence-corrected chi connectivity index (χ3v) is 4.05. The molecule has 1 aromatic carbocycles. The van der Waals surface area contributed by atoms with Crippen molar-refractivity contribution in [3.8, 4) is 0 Å². The van der Waals surface area contributed by atoms with Gasteiger partial charge in [-0.1, -0.05) is 11.6 Å². The van der Waals surface area contributed by atoms with Gasteiger partial charge < -0.3 is 5.11 Å². The normalized spacial score (nSPS) is 11.1. The summed E-state index contributed by atoms with van der Waals surface area (Å²) in [5.41, 5.74) is -0.0259. The number of carboxylic acid groups (broad SMARTS) is 1. The summed E-state index contributed by atoms with van der Waals surface area (Å²) in [6, 6.07) is 5.87. The largest absolute Gasteiger partial charge is 0.478 e. The highest BCUT2D eigenvalue weighted by atomic mass is 35.5. The first-order chi connectivity index (χ1) is 9.78. The number of benzene rings is 1. The highest BCUT2D eigenvalue weighted by Gasteiger charge is 2.16. The van der Waals surface area contributed by atoms with E-state index in [0.29, 0.717) is 0 Å². The van der Waals surface area contributed by atoms with Crippen LogP contribution in [-0.2, 0) is 10.0 Å². The smallest absolute Gasteiger partial charge is 0.335 e. The van der Waals surface area contributed by atoms with E-state index >= 15 is 0 Å².